The maximum atomic E-state index is 16.3. The lowest BCUT2D eigenvalue weighted by molar-refractivity contribution is -0.132. The first kappa shape index (κ1) is 69.5. The molecule has 2 aliphatic rings. The van der Waals surface area contributed by atoms with Crippen molar-refractivity contribution in [2.24, 2.45) is 17.5 Å². The fourth-order valence-electron chi connectivity index (χ4n) is 9.09. The molecular formula is C49H69F2N17O17P2S2. The molecule has 0 spiro atoms. The molecule has 11 atom stereocenters. The van der Waals surface area contributed by atoms with Crippen molar-refractivity contribution in [3.63, 3.8) is 0 Å². The molecule has 5 aromatic rings. The van der Waals surface area contributed by atoms with Crippen molar-refractivity contribution in [3.8, 4) is 0 Å². The lowest BCUT2D eigenvalue weighted by atomic mass is 10.0. The molecule has 0 aliphatic carbocycles. The van der Waals surface area contributed by atoms with E-state index in [1.165, 1.54) is 28.8 Å². The van der Waals surface area contributed by atoms with Gasteiger partial charge in [-0.3, -0.25) is 37.9 Å². The predicted octanol–water partition coefficient (Wildman–Crippen LogP) is 3.06. The lowest BCUT2D eigenvalue weighted by Crippen LogP contribution is -2.54. The standard InChI is InChI=1S/C49H69F2N17O17P2S2/c1-26(2)35(64-33(69)9-5-4-6-16-80-54)44(71)63-31(8-7-14-55-47(53)72)43(70)62-28-12-10-27(11-13-28)19-79-49(74)66(3)15-17-78-48(73)65-40-37-42(59-23-57-40)67(25-61-37)45-30(50)18-29(83-45)20-82-87(77,89)85-38-32(21-81-86(75,76)88)84-46(34(38)51)68-24-60-36-39(52)56-22-58-41(36)68/h10-13,22-26,29-32,34-35,38,45-46H,4-9,14-21,54H2,1-3H3,(H,62,70)(H,63,71)(H,64,69)(H,77,89)(H2,52,56,58)(H3,53,55,72)(H2,75,76,88)(H,57,59,65,73)/t29-,30+,31-,32+,34+,35-,38+,45+,46+,87?/m0/s1. The number of unbranched alkanes of at least 4 members (excludes halogenated alkanes) is 2. The van der Waals surface area contributed by atoms with Gasteiger partial charge in [-0.25, -0.2) is 63.5 Å². The topological polar surface area (TPSA) is 462 Å². The van der Waals surface area contributed by atoms with Crippen LogP contribution in [0.3, 0.4) is 0 Å². The zero-order valence-corrected chi connectivity index (χ0v) is 51.6. The van der Waals surface area contributed by atoms with E-state index in [1.807, 2.05) is 0 Å². The van der Waals surface area contributed by atoms with Crippen molar-refractivity contribution in [3.05, 3.63) is 55.1 Å². The highest BCUT2D eigenvalue weighted by Gasteiger charge is 2.51. The van der Waals surface area contributed by atoms with Gasteiger partial charge in [-0.15, -0.1) is 0 Å². The Labute approximate surface area is 516 Å². The third-order valence-corrected chi connectivity index (χ3v) is 16.0. The van der Waals surface area contributed by atoms with Gasteiger partial charge in [0.1, 0.15) is 61.8 Å². The van der Waals surface area contributed by atoms with Crippen LogP contribution in [0.25, 0.3) is 22.3 Å². The van der Waals surface area contributed by atoms with Gasteiger partial charge in [0.15, 0.2) is 47.1 Å². The average Bonchev–Trinajstić information content (AvgIpc) is 1.69. The average molecular weight is 1330 g/mol. The Balaban J connectivity index is 0.850. The minimum Gasteiger partial charge on any atom is -0.447 e. The van der Waals surface area contributed by atoms with Crippen LogP contribution in [-0.2, 0) is 74.7 Å². The number of hydrogen-bond donors (Lipinski definition) is 11. The summed E-state index contributed by atoms with van der Waals surface area (Å²) in [7, 11) is 1.41. The minimum atomic E-state index is -4.43. The third-order valence-electron chi connectivity index (χ3n) is 13.6. The number of benzene rings is 1. The number of ether oxygens (including phenoxy) is 4. The number of fused-ring (bicyclic) bond motifs is 2. The summed E-state index contributed by atoms with van der Waals surface area (Å²) in [6.07, 6.45) is -6.09. The van der Waals surface area contributed by atoms with Gasteiger partial charge in [0.05, 0.1) is 45.1 Å². The van der Waals surface area contributed by atoms with E-state index in [0.717, 1.165) is 17.6 Å². The SMILES string of the molecule is CC(C)[C@H](NC(=O)CCCCCON)C(=O)N[C@@H](CCCNC(N)=O)C(=O)Nc1ccc(COC(=O)N(C)CCOC(=O)Nc2ncnc3c2ncn3[C@@H]2O[C@H](COP(O)(=S)O[C@H]3[C@@H](F)[C@H](n4cnc5c(N)ncnc54)O[C@@H]3COP(=O)(O)S)C[C@H]2F)cc1. The number of nitrogens with two attached hydrogens (primary N) is 3. The number of alkyl halides is 2. The molecule has 0 radical (unpaired) electrons. The monoisotopic (exact) mass is 1330 g/mol. The van der Waals surface area contributed by atoms with Crippen LogP contribution < -0.4 is 43.9 Å². The normalized spacial score (nSPS) is 21.1. The summed E-state index contributed by atoms with van der Waals surface area (Å²) in [4.78, 5) is 128. The van der Waals surface area contributed by atoms with Crippen LogP contribution in [-0.4, -0.2) is 179 Å². The molecule has 7 rings (SSSR count). The number of carbonyl (C=O) groups excluding carboxylic acids is 6. The number of imidazole rings is 2. The number of primary amides is 1. The minimum absolute atomic E-state index is 0.00668. The lowest BCUT2D eigenvalue weighted by Gasteiger charge is -2.25. The zero-order valence-electron chi connectivity index (χ0n) is 48.1. The summed E-state index contributed by atoms with van der Waals surface area (Å²) in [5.74, 6) is 3.11. The number of anilines is 3. The number of nitrogens with zero attached hydrogens (tertiary/aromatic N) is 9. The summed E-state index contributed by atoms with van der Waals surface area (Å²) < 4.78 is 84.6. The van der Waals surface area contributed by atoms with Crippen LogP contribution in [0.4, 0.5) is 40.5 Å². The number of urea groups is 1. The van der Waals surface area contributed by atoms with Crippen molar-refractivity contribution in [1.29, 1.82) is 0 Å². The van der Waals surface area contributed by atoms with Crippen LogP contribution >= 0.6 is 25.8 Å². The Morgan fingerprint density at radius 1 is 0.865 bits per heavy atom. The highest BCUT2D eigenvalue weighted by atomic mass is 32.7. The molecule has 4 aromatic heterocycles. The molecule has 0 saturated carbocycles. The first-order valence-corrected chi connectivity index (χ1v) is 32.8. The molecule has 2 unspecified atom stereocenters. The predicted molar refractivity (Wildman–Crippen MR) is 316 cm³/mol. The van der Waals surface area contributed by atoms with Crippen molar-refractivity contribution >= 4 is 113 Å². The van der Waals surface area contributed by atoms with Gasteiger partial charge in [0.25, 0.3) is 0 Å². The van der Waals surface area contributed by atoms with Crippen molar-refractivity contribution < 1.29 is 89.3 Å². The number of carbonyl (C=O) groups is 6. The largest absolute Gasteiger partial charge is 0.447 e. The van der Waals surface area contributed by atoms with Gasteiger partial charge in [0, 0.05) is 32.1 Å². The molecule has 6 heterocycles. The Hall–Kier alpha value is -6.93. The van der Waals surface area contributed by atoms with E-state index in [-0.39, 0.29) is 97.8 Å². The molecule has 1 aromatic carbocycles. The Kier molecular flexibility index (Phi) is 25.2. The number of nitrogen functional groups attached to an aromatic ring is 1. The number of amides is 7. The van der Waals surface area contributed by atoms with Crippen LogP contribution in [0.15, 0.2) is 49.6 Å². The van der Waals surface area contributed by atoms with Gasteiger partial charge < -0.3 is 75.7 Å². The molecule has 7 amide bonds. The maximum Gasteiger partial charge on any atom is 0.412 e. The molecule has 13 N–H and O–H groups in total. The van der Waals surface area contributed by atoms with E-state index < -0.39 is 112 Å². The smallest absolute Gasteiger partial charge is 0.412 e. The fraction of sp³-hybridized carbons (Fsp3) is 0.551. The van der Waals surface area contributed by atoms with Gasteiger partial charge >= 0.3 is 31.7 Å². The summed E-state index contributed by atoms with van der Waals surface area (Å²) in [5, 5.41) is 13.1. The van der Waals surface area contributed by atoms with E-state index in [1.54, 1.807) is 38.1 Å². The van der Waals surface area contributed by atoms with E-state index in [2.05, 4.69) is 73.6 Å². The fourth-order valence-corrected chi connectivity index (χ4v) is 11.1. The number of aromatic nitrogens is 8. The zero-order chi connectivity index (χ0) is 64.6. The second-order valence-electron chi connectivity index (χ2n) is 20.5. The first-order chi connectivity index (χ1) is 42.3. The molecule has 40 heteroatoms. The number of likely N-dealkylation sites (N-methyl/N-ethyl adjacent to an activating group) is 1. The first-order valence-electron chi connectivity index (χ1n) is 27.5. The van der Waals surface area contributed by atoms with Gasteiger partial charge in [-0.2, -0.15) is 0 Å². The molecule has 34 nitrogen and oxygen atoms in total. The van der Waals surface area contributed by atoms with Crippen molar-refractivity contribution in [1.82, 2.24) is 59.9 Å². The molecule has 89 heavy (non-hydrogen) atoms. The van der Waals surface area contributed by atoms with E-state index in [9.17, 15) is 43.1 Å². The second kappa shape index (κ2) is 32.2. The van der Waals surface area contributed by atoms with Crippen LogP contribution in [0.1, 0.15) is 76.8 Å². The molecule has 2 fully saturated rings. The maximum absolute atomic E-state index is 16.3. The van der Waals surface area contributed by atoms with Crippen molar-refractivity contribution in [2.45, 2.75) is 121 Å². The Bertz CT molecular complexity index is 3360. The summed E-state index contributed by atoms with van der Waals surface area (Å²) in [5.41, 5.74) is 12.2. The third kappa shape index (κ3) is 20.0. The van der Waals surface area contributed by atoms with Gasteiger partial charge in [-0.1, -0.05) is 44.6 Å². The Morgan fingerprint density at radius 2 is 1.56 bits per heavy atom. The van der Waals surface area contributed by atoms with Crippen LogP contribution in [0.2, 0.25) is 0 Å². The summed E-state index contributed by atoms with van der Waals surface area (Å²) >= 11 is 8.69. The Morgan fingerprint density at radius 3 is 2.26 bits per heavy atom. The van der Waals surface area contributed by atoms with Gasteiger partial charge in [0.2, 0.25) is 17.7 Å². The number of nitrogens with one attached hydrogen (secondary N) is 5. The summed E-state index contributed by atoms with van der Waals surface area (Å²) in [6.45, 7) is -6.75. The van der Waals surface area contributed by atoms with E-state index in [0.29, 0.717) is 37.1 Å². The number of thiol groups is 1. The highest BCUT2D eigenvalue weighted by molar-refractivity contribution is 8.44. The van der Waals surface area contributed by atoms with E-state index >= 15 is 8.78 Å². The van der Waals surface area contributed by atoms with Crippen LogP contribution in [0.5, 0.6) is 0 Å². The molecule has 488 valence electrons. The summed E-state index contributed by atoms with van der Waals surface area (Å²) in [6, 6.07) is 3.54. The van der Waals surface area contributed by atoms with Crippen LogP contribution in [0, 0.1) is 5.92 Å². The number of halogens is 2. The van der Waals surface area contributed by atoms with Crippen molar-refractivity contribution in [2.75, 3.05) is 62.9 Å². The number of rotatable bonds is 32. The molecule has 0 bridgehead atoms. The molecule has 2 saturated heterocycles. The molecular weight excluding hydrogens is 1260 g/mol. The quantitative estimate of drug-likeness (QED) is 0.0128. The molecule has 2 aliphatic heterocycles. The van der Waals surface area contributed by atoms with Gasteiger partial charge in [-0.05, 0) is 61.1 Å². The number of hydrogen-bond acceptors (Lipinski definition) is 24. The second-order valence-corrected chi connectivity index (χ2v) is 26.1. The van der Waals surface area contributed by atoms with E-state index in [4.69, 9.17) is 61.7 Å². The highest BCUT2D eigenvalue weighted by Crippen LogP contribution is 2.52.